The average molecular weight is 828 g/mol. The molecular formula is C57H37N3S2. The molecule has 0 saturated heterocycles. The highest BCUT2D eigenvalue weighted by Gasteiger charge is 2.16. The minimum atomic E-state index is 0.636. The summed E-state index contributed by atoms with van der Waals surface area (Å²) >= 11 is 3.60. The van der Waals surface area contributed by atoms with Crippen LogP contribution in [0, 0.1) is 0 Å². The van der Waals surface area contributed by atoms with E-state index >= 15 is 0 Å². The largest absolute Gasteiger partial charge is 0.208 e. The van der Waals surface area contributed by atoms with E-state index < -0.39 is 0 Å². The molecule has 0 atom stereocenters. The van der Waals surface area contributed by atoms with Crippen molar-refractivity contribution < 1.29 is 0 Å². The summed E-state index contributed by atoms with van der Waals surface area (Å²) in [5.41, 5.74) is 7.50. The van der Waals surface area contributed by atoms with Gasteiger partial charge in [-0.05, 0) is 97.7 Å². The second-order valence-electron chi connectivity index (χ2n) is 15.2. The Morgan fingerprint density at radius 3 is 1.73 bits per heavy atom. The highest BCUT2D eigenvalue weighted by molar-refractivity contribution is 7.26. The van der Waals surface area contributed by atoms with Crippen LogP contribution in [0.2, 0.25) is 0 Å². The summed E-state index contributed by atoms with van der Waals surface area (Å²) in [5.74, 6) is 1.92. The smallest absolute Gasteiger partial charge is 0.164 e. The fourth-order valence-electron chi connectivity index (χ4n) is 8.30. The molecule has 0 amide bonds. The van der Waals surface area contributed by atoms with Gasteiger partial charge in [-0.25, -0.2) is 15.0 Å². The van der Waals surface area contributed by atoms with Crippen molar-refractivity contribution in [1.82, 2.24) is 15.0 Å². The SMILES string of the molecule is C=C/C=C\c1cc2cc(-c3nc(-c4ccccc4)nc(-c4ccc(-c5cccc6sc7ccc(-c8cccc9ccccc9c9ccccc9cc8)cc7c56)cc4)n3)ccc2s1. The van der Waals surface area contributed by atoms with Gasteiger partial charge in [-0.3, -0.25) is 0 Å². The number of allylic oxidation sites excluding steroid dienone is 2. The van der Waals surface area contributed by atoms with Crippen molar-refractivity contribution in [2.45, 2.75) is 0 Å². The Morgan fingerprint density at radius 2 is 0.952 bits per heavy atom. The van der Waals surface area contributed by atoms with E-state index in [0.717, 1.165) is 33.2 Å². The van der Waals surface area contributed by atoms with Gasteiger partial charge in [-0.2, -0.15) is 0 Å². The summed E-state index contributed by atoms with van der Waals surface area (Å²) < 4.78 is 3.74. The lowest BCUT2D eigenvalue weighted by Gasteiger charge is -2.10. The number of thiophene rings is 2. The molecule has 62 heavy (non-hydrogen) atoms. The van der Waals surface area contributed by atoms with Gasteiger partial charge in [0.1, 0.15) is 0 Å². The number of rotatable bonds is 7. The van der Waals surface area contributed by atoms with Crippen LogP contribution in [0.4, 0.5) is 0 Å². The monoisotopic (exact) mass is 827 g/mol. The summed E-state index contributed by atoms with van der Waals surface area (Å²) in [4.78, 5) is 16.3. The number of hydrogen-bond donors (Lipinski definition) is 0. The van der Waals surface area contributed by atoms with Gasteiger partial charge in [0, 0.05) is 46.4 Å². The highest BCUT2D eigenvalue weighted by atomic mass is 32.1. The van der Waals surface area contributed by atoms with Gasteiger partial charge in [-0.15, -0.1) is 22.7 Å². The summed E-state index contributed by atoms with van der Waals surface area (Å²) in [5, 5.41) is 8.55. The normalized spacial score (nSPS) is 11.5. The lowest BCUT2D eigenvalue weighted by molar-refractivity contribution is 1.07. The molecule has 3 aromatic heterocycles. The fraction of sp³-hybridized carbons (Fsp3) is 0. The quantitative estimate of drug-likeness (QED) is 0.150. The second kappa shape index (κ2) is 16.1. The van der Waals surface area contributed by atoms with Gasteiger partial charge < -0.3 is 0 Å². The first kappa shape index (κ1) is 37.4. The molecule has 8 aromatic carbocycles. The zero-order valence-electron chi connectivity index (χ0n) is 33.6. The minimum absolute atomic E-state index is 0.636. The van der Waals surface area contributed by atoms with Gasteiger partial charge in [0.2, 0.25) is 0 Å². The molecule has 5 heteroatoms. The Bertz CT molecular complexity index is 3600. The summed E-state index contributed by atoms with van der Waals surface area (Å²) in [6, 6.07) is 69.4. The molecule has 3 heterocycles. The zero-order chi connectivity index (χ0) is 41.4. The predicted molar refractivity (Wildman–Crippen MR) is 267 cm³/mol. The third kappa shape index (κ3) is 7.13. The van der Waals surface area contributed by atoms with Crippen LogP contribution >= 0.6 is 22.7 Å². The standard InChI is InChI=1S/C57H37N3S2/c1-2-3-19-46-35-45-34-44(31-32-51(45)61-46)57-59-55(41-15-5-4-6-16-41)58-56(60-57)42-28-26-40(27-29-42)49-22-12-23-53-54(49)50-36-43(30-33-52(50)62-53)37-17-11-18-38-13-7-9-20-47(38)48-21-10-8-14-39(48)25-24-37/h2-36H,1H2/b17-11?,18-11?,19-3-,25-24?,37-17?,37-24?,38-18?,39-25?,48-47?. The van der Waals surface area contributed by atoms with Gasteiger partial charge in [-0.1, -0.05) is 170 Å². The maximum atomic E-state index is 5.09. The van der Waals surface area contributed by atoms with Crippen molar-refractivity contribution in [3.05, 3.63) is 218 Å². The number of aromatic nitrogens is 3. The van der Waals surface area contributed by atoms with Crippen LogP contribution in [0.15, 0.2) is 213 Å². The number of fused-ring (bicyclic) bond motifs is 7. The van der Waals surface area contributed by atoms with E-state index in [-0.39, 0.29) is 0 Å². The van der Waals surface area contributed by atoms with E-state index in [0.29, 0.717) is 17.5 Å². The van der Waals surface area contributed by atoms with Crippen molar-refractivity contribution in [3.63, 3.8) is 0 Å². The summed E-state index contributed by atoms with van der Waals surface area (Å²) in [6.07, 6.45) is 5.85. The van der Waals surface area contributed by atoms with E-state index in [1.807, 2.05) is 47.7 Å². The molecule has 0 radical (unpaired) electrons. The first-order chi connectivity index (χ1) is 30.6. The van der Waals surface area contributed by atoms with E-state index in [1.165, 1.54) is 62.4 Å². The van der Waals surface area contributed by atoms with E-state index in [9.17, 15) is 0 Å². The van der Waals surface area contributed by atoms with Crippen LogP contribution in [0.3, 0.4) is 0 Å². The first-order valence-corrected chi connectivity index (χ1v) is 22.2. The molecule has 0 bridgehead atoms. The lowest BCUT2D eigenvalue weighted by atomic mass is 9.96. The molecule has 0 saturated carbocycles. The molecule has 3 nitrogen and oxygen atoms in total. The van der Waals surface area contributed by atoms with Crippen molar-refractivity contribution in [2.75, 3.05) is 0 Å². The molecule has 11 aromatic rings. The summed E-state index contributed by atoms with van der Waals surface area (Å²) in [7, 11) is 0. The van der Waals surface area contributed by atoms with E-state index in [1.54, 1.807) is 17.4 Å². The molecule has 0 unspecified atom stereocenters. The zero-order valence-corrected chi connectivity index (χ0v) is 35.2. The fourth-order valence-corrected chi connectivity index (χ4v) is 10.4. The highest BCUT2D eigenvalue weighted by Crippen LogP contribution is 2.42. The Labute approximate surface area is 367 Å². The average Bonchev–Trinajstić information content (AvgIpc) is 3.93. The van der Waals surface area contributed by atoms with Crippen LogP contribution in [0.1, 0.15) is 4.88 Å². The van der Waals surface area contributed by atoms with Gasteiger partial charge in [0.25, 0.3) is 0 Å². The predicted octanol–water partition coefficient (Wildman–Crippen LogP) is 16.4. The van der Waals surface area contributed by atoms with Crippen molar-refractivity contribution in [1.29, 1.82) is 0 Å². The van der Waals surface area contributed by atoms with E-state index in [2.05, 4.69) is 176 Å². The number of hydrogen-bond acceptors (Lipinski definition) is 5. The molecule has 0 spiro atoms. The molecule has 0 fully saturated rings. The van der Waals surface area contributed by atoms with Gasteiger partial charge in [0.15, 0.2) is 17.5 Å². The van der Waals surface area contributed by atoms with Gasteiger partial charge >= 0.3 is 0 Å². The third-order valence-electron chi connectivity index (χ3n) is 11.3. The molecule has 0 aliphatic rings. The lowest BCUT2D eigenvalue weighted by Crippen LogP contribution is -2.00. The molecule has 0 N–H and O–H groups in total. The molecule has 0 aliphatic heterocycles. The number of benzene rings is 7. The second-order valence-corrected chi connectivity index (χ2v) is 17.4. The van der Waals surface area contributed by atoms with Crippen molar-refractivity contribution in [3.8, 4) is 56.4 Å². The number of nitrogens with zero attached hydrogens (tertiary/aromatic N) is 3. The van der Waals surface area contributed by atoms with Crippen molar-refractivity contribution in [2.24, 2.45) is 0 Å². The first-order valence-electron chi connectivity index (χ1n) is 20.6. The topological polar surface area (TPSA) is 38.7 Å². The Kier molecular flexibility index (Phi) is 9.74. The summed E-state index contributed by atoms with van der Waals surface area (Å²) in [6.45, 7) is 3.82. The molecule has 0 aliphatic carbocycles. The minimum Gasteiger partial charge on any atom is -0.208 e. The Morgan fingerprint density at radius 1 is 0.371 bits per heavy atom. The molecular weight excluding hydrogens is 791 g/mol. The van der Waals surface area contributed by atoms with Crippen LogP contribution in [0.5, 0.6) is 0 Å². The van der Waals surface area contributed by atoms with Crippen LogP contribution < -0.4 is 0 Å². The van der Waals surface area contributed by atoms with Crippen LogP contribution in [-0.2, 0) is 0 Å². The maximum absolute atomic E-state index is 5.09. The van der Waals surface area contributed by atoms with Crippen molar-refractivity contribution >= 4 is 80.6 Å². The third-order valence-corrected chi connectivity index (χ3v) is 13.6. The van der Waals surface area contributed by atoms with Crippen LogP contribution in [-0.4, -0.2) is 15.0 Å². The van der Waals surface area contributed by atoms with Crippen LogP contribution in [0.25, 0.3) is 114 Å². The molecule has 11 rings (SSSR count). The van der Waals surface area contributed by atoms with E-state index in [4.69, 9.17) is 15.0 Å². The Balaban J connectivity index is 0.991. The molecule has 292 valence electrons. The van der Waals surface area contributed by atoms with Gasteiger partial charge in [0.05, 0.1) is 0 Å². The maximum Gasteiger partial charge on any atom is 0.164 e. The Hall–Kier alpha value is -7.57.